The summed E-state index contributed by atoms with van der Waals surface area (Å²) in [5.74, 6) is 0. The van der Waals surface area contributed by atoms with Gasteiger partial charge in [-0.15, -0.1) is 0 Å². The molecule has 0 saturated carbocycles. The Hall–Kier alpha value is -2.57. The maximum absolute atomic E-state index is 12.7. The predicted octanol–water partition coefficient (Wildman–Crippen LogP) is 3.87. The molecular weight excluding hydrogens is 360 g/mol. The van der Waals surface area contributed by atoms with Gasteiger partial charge in [-0.3, -0.25) is 4.72 Å². The molecule has 3 aromatic carbocycles. The highest BCUT2D eigenvalue weighted by Gasteiger charge is 2.22. The van der Waals surface area contributed by atoms with Gasteiger partial charge in [-0.1, -0.05) is 30.3 Å². The Morgan fingerprint density at radius 2 is 1.74 bits per heavy atom. The third-order valence-electron chi connectivity index (χ3n) is 4.99. The second kappa shape index (κ2) is 7.21. The SMILES string of the molecule is COC1CCN(c2ccc(NS(=O)(=O)c3ccc4ccccc4c3)cc2)C1. The Morgan fingerprint density at radius 1 is 1.00 bits per heavy atom. The molecule has 0 bridgehead atoms. The number of ether oxygens (including phenoxy) is 1. The Labute approximate surface area is 159 Å². The van der Waals surface area contributed by atoms with E-state index >= 15 is 0 Å². The van der Waals surface area contributed by atoms with E-state index in [2.05, 4.69) is 9.62 Å². The first-order valence-corrected chi connectivity index (χ1v) is 10.4. The first kappa shape index (κ1) is 17.8. The third kappa shape index (κ3) is 3.77. The van der Waals surface area contributed by atoms with Crippen molar-refractivity contribution in [2.75, 3.05) is 29.8 Å². The van der Waals surface area contributed by atoms with Crippen LogP contribution >= 0.6 is 0 Å². The first-order valence-electron chi connectivity index (χ1n) is 8.94. The molecule has 140 valence electrons. The number of nitrogens with one attached hydrogen (secondary N) is 1. The number of sulfonamides is 1. The maximum atomic E-state index is 12.7. The molecule has 4 rings (SSSR count). The van der Waals surface area contributed by atoms with Crippen LogP contribution in [0.25, 0.3) is 10.8 Å². The van der Waals surface area contributed by atoms with Crippen LogP contribution < -0.4 is 9.62 Å². The van der Waals surface area contributed by atoms with Crippen molar-refractivity contribution in [3.05, 3.63) is 66.7 Å². The molecule has 1 N–H and O–H groups in total. The molecule has 0 radical (unpaired) electrons. The minimum Gasteiger partial charge on any atom is -0.380 e. The summed E-state index contributed by atoms with van der Waals surface area (Å²) < 4.78 is 33.5. The molecule has 6 heteroatoms. The van der Waals surface area contributed by atoms with Crippen molar-refractivity contribution >= 4 is 32.2 Å². The van der Waals surface area contributed by atoms with Crippen LogP contribution in [0.4, 0.5) is 11.4 Å². The van der Waals surface area contributed by atoms with Crippen molar-refractivity contribution in [2.24, 2.45) is 0 Å². The zero-order chi connectivity index (χ0) is 18.9. The van der Waals surface area contributed by atoms with Crippen molar-refractivity contribution in [1.29, 1.82) is 0 Å². The lowest BCUT2D eigenvalue weighted by atomic mass is 10.1. The van der Waals surface area contributed by atoms with Crippen LogP contribution in [0.5, 0.6) is 0 Å². The van der Waals surface area contributed by atoms with Crippen LogP contribution in [-0.2, 0) is 14.8 Å². The highest BCUT2D eigenvalue weighted by molar-refractivity contribution is 7.92. The molecule has 3 aromatic rings. The van der Waals surface area contributed by atoms with Gasteiger partial charge in [0.2, 0.25) is 0 Å². The molecule has 1 atom stereocenters. The molecule has 0 amide bonds. The second-order valence-electron chi connectivity index (χ2n) is 6.75. The van der Waals surface area contributed by atoms with Crippen LogP contribution in [0.3, 0.4) is 0 Å². The van der Waals surface area contributed by atoms with E-state index in [9.17, 15) is 8.42 Å². The van der Waals surface area contributed by atoms with Gasteiger partial charge in [0.1, 0.15) is 0 Å². The summed E-state index contributed by atoms with van der Waals surface area (Å²) in [6.45, 7) is 1.80. The summed E-state index contributed by atoms with van der Waals surface area (Å²) in [5.41, 5.74) is 1.62. The van der Waals surface area contributed by atoms with Crippen LogP contribution in [0, 0.1) is 0 Å². The first-order chi connectivity index (χ1) is 13.0. The molecule has 1 aliphatic rings. The van der Waals surface area contributed by atoms with Gasteiger partial charge >= 0.3 is 0 Å². The average molecular weight is 382 g/mol. The smallest absolute Gasteiger partial charge is 0.261 e. The zero-order valence-corrected chi connectivity index (χ0v) is 15.9. The van der Waals surface area contributed by atoms with Crippen molar-refractivity contribution < 1.29 is 13.2 Å². The number of hydrogen-bond donors (Lipinski definition) is 1. The summed E-state index contributed by atoms with van der Waals surface area (Å²) >= 11 is 0. The van der Waals surface area contributed by atoms with E-state index in [-0.39, 0.29) is 11.0 Å². The molecule has 27 heavy (non-hydrogen) atoms. The average Bonchev–Trinajstić information content (AvgIpc) is 3.17. The molecule has 0 aromatic heterocycles. The van der Waals surface area contributed by atoms with E-state index in [4.69, 9.17) is 4.74 Å². The highest BCUT2D eigenvalue weighted by atomic mass is 32.2. The lowest BCUT2D eigenvalue weighted by molar-refractivity contribution is 0.121. The molecule has 1 saturated heterocycles. The summed E-state index contributed by atoms with van der Waals surface area (Å²) in [7, 11) is -1.90. The molecule has 1 unspecified atom stereocenters. The minimum absolute atomic E-state index is 0.257. The van der Waals surface area contributed by atoms with Gasteiger partial charge in [-0.25, -0.2) is 8.42 Å². The number of hydrogen-bond acceptors (Lipinski definition) is 4. The number of methoxy groups -OCH3 is 1. The lowest BCUT2D eigenvalue weighted by Crippen LogP contribution is -2.22. The minimum atomic E-state index is -3.63. The summed E-state index contributed by atoms with van der Waals surface area (Å²) in [4.78, 5) is 2.50. The monoisotopic (exact) mass is 382 g/mol. The van der Waals surface area contributed by atoms with E-state index in [0.29, 0.717) is 5.69 Å². The number of nitrogens with zero attached hydrogens (tertiary/aromatic N) is 1. The third-order valence-corrected chi connectivity index (χ3v) is 6.37. The molecule has 1 heterocycles. The molecule has 5 nitrogen and oxygen atoms in total. The van der Waals surface area contributed by atoms with E-state index in [1.165, 1.54) is 0 Å². The molecule has 0 spiro atoms. The number of fused-ring (bicyclic) bond motifs is 1. The van der Waals surface area contributed by atoms with Gasteiger partial charge in [0.15, 0.2) is 0 Å². The van der Waals surface area contributed by atoms with Crippen molar-refractivity contribution in [1.82, 2.24) is 0 Å². The summed E-state index contributed by atoms with van der Waals surface area (Å²) in [6, 6.07) is 20.3. The predicted molar refractivity (Wildman–Crippen MR) is 109 cm³/mol. The number of anilines is 2. The normalized spacial score (nSPS) is 17.4. The fraction of sp³-hybridized carbons (Fsp3) is 0.238. The second-order valence-corrected chi connectivity index (χ2v) is 8.44. The van der Waals surface area contributed by atoms with E-state index in [1.807, 2.05) is 42.5 Å². The Morgan fingerprint density at radius 3 is 2.44 bits per heavy atom. The zero-order valence-electron chi connectivity index (χ0n) is 15.1. The van der Waals surface area contributed by atoms with Gasteiger partial charge in [0.25, 0.3) is 10.0 Å². The fourth-order valence-corrected chi connectivity index (χ4v) is 4.54. The van der Waals surface area contributed by atoms with Crippen LogP contribution in [0.15, 0.2) is 71.6 Å². The van der Waals surface area contributed by atoms with Gasteiger partial charge in [-0.05, 0) is 53.6 Å². The van der Waals surface area contributed by atoms with Crippen LogP contribution in [0.2, 0.25) is 0 Å². The number of benzene rings is 3. The van der Waals surface area contributed by atoms with Gasteiger partial charge < -0.3 is 9.64 Å². The quantitative estimate of drug-likeness (QED) is 0.728. The van der Waals surface area contributed by atoms with Crippen molar-refractivity contribution in [3.8, 4) is 0 Å². The van der Waals surface area contributed by atoms with Crippen LogP contribution in [0.1, 0.15) is 6.42 Å². The Balaban J connectivity index is 1.52. The lowest BCUT2D eigenvalue weighted by Gasteiger charge is -2.19. The Bertz CT molecular complexity index is 1050. The van der Waals surface area contributed by atoms with E-state index in [0.717, 1.165) is 36.0 Å². The van der Waals surface area contributed by atoms with E-state index in [1.54, 1.807) is 31.4 Å². The Kier molecular flexibility index (Phi) is 4.76. The maximum Gasteiger partial charge on any atom is 0.261 e. The van der Waals surface area contributed by atoms with Gasteiger partial charge in [0, 0.05) is 31.6 Å². The van der Waals surface area contributed by atoms with Crippen molar-refractivity contribution in [3.63, 3.8) is 0 Å². The topological polar surface area (TPSA) is 58.6 Å². The molecular formula is C21H22N2O3S. The summed E-state index contributed by atoms with van der Waals surface area (Å²) in [5, 5.41) is 1.92. The molecule has 1 fully saturated rings. The number of rotatable bonds is 5. The largest absolute Gasteiger partial charge is 0.380 e. The molecule has 1 aliphatic heterocycles. The van der Waals surface area contributed by atoms with Gasteiger partial charge in [-0.2, -0.15) is 0 Å². The highest BCUT2D eigenvalue weighted by Crippen LogP contribution is 2.25. The van der Waals surface area contributed by atoms with Gasteiger partial charge in [0.05, 0.1) is 11.0 Å². The fourth-order valence-electron chi connectivity index (χ4n) is 3.44. The van der Waals surface area contributed by atoms with E-state index < -0.39 is 10.0 Å². The summed E-state index contributed by atoms with van der Waals surface area (Å²) in [6.07, 6.45) is 1.27. The van der Waals surface area contributed by atoms with Crippen LogP contribution in [-0.4, -0.2) is 34.7 Å². The van der Waals surface area contributed by atoms with Crippen molar-refractivity contribution in [2.45, 2.75) is 17.4 Å². The molecule has 0 aliphatic carbocycles. The standard InChI is InChI=1S/C21H22N2O3S/c1-26-20-12-13-23(15-20)19-9-7-18(8-10-19)22-27(24,25)21-11-6-16-4-2-3-5-17(16)14-21/h2-11,14,20,22H,12-13,15H2,1H3.